The highest BCUT2D eigenvalue weighted by Gasteiger charge is 2.49. The summed E-state index contributed by atoms with van der Waals surface area (Å²) in [6, 6.07) is 20.1. The van der Waals surface area contributed by atoms with Gasteiger partial charge in [0.05, 0.1) is 26.4 Å². The Labute approximate surface area is 196 Å². The van der Waals surface area contributed by atoms with Crippen molar-refractivity contribution in [1.82, 2.24) is 5.32 Å². The van der Waals surface area contributed by atoms with Crippen LogP contribution in [0.5, 0.6) is 0 Å². The molecule has 1 aliphatic heterocycles. The van der Waals surface area contributed by atoms with Gasteiger partial charge in [0.1, 0.15) is 5.92 Å². The van der Waals surface area contributed by atoms with E-state index in [2.05, 4.69) is 5.32 Å². The minimum Gasteiger partial charge on any atom is -0.451 e. The van der Waals surface area contributed by atoms with E-state index in [1.165, 1.54) is 0 Å². The predicted molar refractivity (Wildman–Crippen MR) is 126 cm³/mol. The number of carbonyl (C=O) groups is 2. The summed E-state index contributed by atoms with van der Waals surface area (Å²) in [5.74, 6) is -0.561. The maximum Gasteiger partial charge on any atom is 0.314 e. The minimum atomic E-state index is -0.672. The number of nitrogens with one attached hydrogen (secondary N) is 1. The van der Waals surface area contributed by atoms with Gasteiger partial charge in [0.2, 0.25) is 0 Å². The van der Waals surface area contributed by atoms with Crippen LogP contribution in [0.1, 0.15) is 37.8 Å². The van der Waals surface area contributed by atoms with Crippen LogP contribution in [0, 0.1) is 17.8 Å². The van der Waals surface area contributed by atoms with Crippen LogP contribution in [0.3, 0.4) is 0 Å². The summed E-state index contributed by atoms with van der Waals surface area (Å²) in [5, 5.41) is 2.93. The number of rotatable bonds is 14. The molecule has 1 heterocycles. The van der Waals surface area contributed by atoms with E-state index in [0.29, 0.717) is 39.4 Å². The fourth-order valence-electron chi connectivity index (χ4n) is 3.88. The molecule has 2 aromatic rings. The van der Waals surface area contributed by atoms with Gasteiger partial charge in [-0.1, -0.05) is 80.9 Å². The van der Waals surface area contributed by atoms with Gasteiger partial charge in [-0.2, -0.15) is 0 Å². The van der Waals surface area contributed by atoms with E-state index in [4.69, 9.17) is 14.2 Å². The molecular formula is C27H35NO5. The minimum absolute atomic E-state index is 0.132. The zero-order chi connectivity index (χ0) is 23.5. The largest absolute Gasteiger partial charge is 0.451 e. The van der Waals surface area contributed by atoms with Crippen LogP contribution in [0.2, 0.25) is 0 Å². The maximum atomic E-state index is 12.5. The van der Waals surface area contributed by atoms with Crippen LogP contribution in [0.4, 0.5) is 0 Å². The molecule has 0 bridgehead atoms. The lowest BCUT2D eigenvalue weighted by Gasteiger charge is -2.37. The number of benzene rings is 2. The summed E-state index contributed by atoms with van der Waals surface area (Å²) in [6.07, 6.45) is 0.877. The van der Waals surface area contributed by atoms with Gasteiger partial charge in [-0.15, -0.1) is 0 Å². The number of esters is 1. The highest BCUT2D eigenvalue weighted by molar-refractivity contribution is 5.94. The van der Waals surface area contributed by atoms with Crippen molar-refractivity contribution in [2.75, 3.05) is 19.8 Å². The SMILES string of the molecule is CC[C@@H](C)[C@@H]1C(=O)O[C@H]1C(=O)NCCC(COCc1ccccc1)COCc1ccccc1. The fourth-order valence-corrected chi connectivity index (χ4v) is 3.88. The lowest BCUT2D eigenvalue weighted by Crippen LogP contribution is -2.56. The van der Waals surface area contributed by atoms with E-state index >= 15 is 0 Å². The zero-order valence-corrected chi connectivity index (χ0v) is 19.6. The lowest BCUT2D eigenvalue weighted by atomic mass is 9.83. The van der Waals surface area contributed by atoms with E-state index in [1.807, 2.05) is 74.5 Å². The number of carbonyl (C=O) groups excluding carboxylic acids is 2. The third-order valence-corrected chi connectivity index (χ3v) is 6.14. The molecule has 1 saturated heterocycles. The number of cyclic esters (lactones) is 1. The second kappa shape index (κ2) is 13.1. The summed E-state index contributed by atoms with van der Waals surface area (Å²) in [6.45, 7) is 6.62. The number of hydrogen-bond donors (Lipinski definition) is 1. The van der Waals surface area contributed by atoms with Crippen molar-refractivity contribution < 1.29 is 23.8 Å². The summed E-state index contributed by atoms with van der Waals surface area (Å²) < 4.78 is 17.0. The number of ether oxygens (including phenoxy) is 3. The first-order valence-electron chi connectivity index (χ1n) is 11.8. The van der Waals surface area contributed by atoms with Crippen molar-refractivity contribution in [1.29, 1.82) is 0 Å². The van der Waals surface area contributed by atoms with Crippen molar-refractivity contribution >= 4 is 11.9 Å². The molecule has 1 amide bonds. The van der Waals surface area contributed by atoms with Crippen LogP contribution in [0.25, 0.3) is 0 Å². The number of amides is 1. The summed E-state index contributed by atoms with van der Waals surface area (Å²) >= 11 is 0. The average molecular weight is 454 g/mol. The van der Waals surface area contributed by atoms with Crippen LogP contribution < -0.4 is 5.32 Å². The van der Waals surface area contributed by atoms with Crippen LogP contribution in [0.15, 0.2) is 60.7 Å². The third-order valence-electron chi connectivity index (χ3n) is 6.14. The van der Waals surface area contributed by atoms with Gasteiger partial charge in [-0.25, -0.2) is 0 Å². The molecule has 6 nitrogen and oxygen atoms in total. The Morgan fingerprint density at radius 1 is 0.970 bits per heavy atom. The van der Waals surface area contributed by atoms with Gasteiger partial charge in [0.15, 0.2) is 6.10 Å². The molecule has 0 saturated carbocycles. The Hall–Kier alpha value is -2.70. The molecular weight excluding hydrogens is 418 g/mol. The Morgan fingerprint density at radius 2 is 1.52 bits per heavy atom. The zero-order valence-electron chi connectivity index (χ0n) is 19.6. The Kier molecular flexibility index (Phi) is 9.91. The molecule has 1 fully saturated rings. The molecule has 2 aromatic carbocycles. The normalized spacial score (nSPS) is 18.5. The molecule has 178 valence electrons. The molecule has 1 N–H and O–H groups in total. The first-order chi connectivity index (χ1) is 16.1. The lowest BCUT2D eigenvalue weighted by molar-refractivity contribution is -0.193. The van der Waals surface area contributed by atoms with E-state index < -0.39 is 6.10 Å². The monoisotopic (exact) mass is 453 g/mol. The van der Waals surface area contributed by atoms with Crippen molar-refractivity contribution in [3.05, 3.63) is 71.8 Å². The van der Waals surface area contributed by atoms with Crippen LogP contribution in [-0.2, 0) is 37.0 Å². The molecule has 0 aliphatic carbocycles. The standard InChI is InChI=1S/C27H35NO5/c1-3-20(2)24-25(33-27(24)30)26(29)28-15-14-23(18-31-16-21-10-6-4-7-11-21)19-32-17-22-12-8-5-9-13-22/h4-13,20,23-25H,3,14-19H2,1-2H3,(H,28,29)/t20-,24+,25-/m1/s1. The van der Waals surface area contributed by atoms with Crippen molar-refractivity contribution in [3.63, 3.8) is 0 Å². The van der Waals surface area contributed by atoms with Gasteiger partial charge < -0.3 is 19.5 Å². The molecule has 33 heavy (non-hydrogen) atoms. The number of hydrogen-bond acceptors (Lipinski definition) is 5. The predicted octanol–water partition coefficient (Wildman–Crippen LogP) is 4.13. The van der Waals surface area contributed by atoms with Gasteiger partial charge in [-0.05, 0) is 23.5 Å². The summed E-state index contributed by atoms with van der Waals surface area (Å²) in [7, 11) is 0. The van der Waals surface area contributed by atoms with Crippen molar-refractivity contribution in [2.24, 2.45) is 17.8 Å². The molecule has 0 unspecified atom stereocenters. The van der Waals surface area contributed by atoms with Gasteiger partial charge >= 0.3 is 5.97 Å². The molecule has 6 heteroatoms. The Balaban J connectivity index is 1.45. The molecule has 0 radical (unpaired) electrons. The van der Waals surface area contributed by atoms with Gasteiger partial charge in [-0.3, -0.25) is 9.59 Å². The molecule has 1 aliphatic rings. The first kappa shape index (κ1) is 24.9. The smallest absolute Gasteiger partial charge is 0.314 e. The molecule has 3 rings (SSSR count). The maximum absolute atomic E-state index is 12.5. The van der Waals surface area contributed by atoms with Gasteiger partial charge in [0, 0.05) is 12.5 Å². The average Bonchev–Trinajstić information content (AvgIpc) is 2.83. The fraction of sp³-hybridized carbons (Fsp3) is 0.481. The molecule has 3 atom stereocenters. The topological polar surface area (TPSA) is 73.9 Å². The van der Waals surface area contributed by atoms with Crippen molar-refractivity contribution in [3.8, 4) is 0 Å². The van der Waals surface area contributed by atoms with Crippen molar-refractivity contribution in [2.45, 2.75) is 46.0 Å². The summed E-state index contributed by atoms with van der Waals surface area (Å²) in [5.41, 5.74) is 2.25. The molecule has 0 spiro atoms. The highest BCUT2D eigenvalue weighted by Crippen LogP contribution is 2.31. The van der Waals surface area contributed by atoms with E-state index in [-0.39, 0.29) is 29.6 Å². The highest BCUT2D eigenvalue weighted by atomic mass is 16.6. The molecule has 0 aromatic heterocycles. The second-order valence-electron chi connectivity index (χ2n) is 8.72. The van der Waals surface area contributed by atoms with Crippen LogP contribution in [-0.4, -0.2) is 37.7 Å². The van der Waals surface area contributed by atoms with E-state index in [9.17, 15) is 9.59 Å². The summed E-state index contributed by atoms with van der Waals surface area (Å²) in [4.78, 5) is 24.3. The van der Waals surface area contributed by atoms with Crippen LogP contribution >= 0.6 is 0 Å². The third kappa shape index (κ3) is 7.69. The van der Waals surface area contributed by atoms with E-state index in [1.54, 1.807) is 0 Å². The first-order valence-corrected chi connectivity index (χ1v) is 11.8. The second-order valence-corrected chi connectivity index (χ2v) is 8.72. The quantitative estimate of drug-likeness (QED) is 0.436. The van der Waals surface area contributed by atoms with Gasteiger partial charge in [0.25, 0.3) is 5.91 Å². The Morgan fingerprint density at radius 3 is 2.00 bits per heavy atom. The van der Waals surface area contributed by atoms with E-state index in [0.717, 1.165) is 17.5 Å². The Bertz CT molecular complexity index is 812.